The van der Waals surface area contributed by atoms with Crippen molar-refractivity contribution in [2.75, 3.05) is 19.6 Å². The SMILES string of the molecule is O=C(/C=C/c1ccc2c(c1)C(=O)NC1(CCN(CCc3ccc(F)cc3)CC1)O2)NO. The third-order valence-electron chi connectivity index (χ3n) is 5.73. The molecule has 4 rings (SSSR count). The number of nitrogens with one attached hydrogen (secondary N) is 2. The quantitative estimate of drug-likeness (QED) is 0.389. The fourth-order valence-electron chi connectivity index (χ4n) is 3.94. The Morgan fingerprint density at radius 1 is 1.23 bits per heavy atom. The average Bonchev–Trinajstić information content (AvgIpc) is 2.78. The van der Waals surface area contributed by atoms with Crippen LogP contribution in [-0.4, -0.2) is 47.3 Å². The van der Waals surface area contributed by atoms with Gasteiger partial charge >= 0.3 is 0 Å². The van der Waals surface area contributed by atoms with Crippen LogP contribution in [0.4, 0.5) is 4.39 Å². The number of hydroxylamine groups is 1. The summed E-state index contributed by atoms with van der Waals surface area (Å²) in [6, 6.07) is 11.7. The summed E-state index contributed by atoms with van der Waals surface area (Å²) in [6.45, 7) is 2.44. The number of halogens is 1. The molecule has 0 bridgehead atoms. The molecule has 0 saturated carbocycles. The van der Waals surface area contributed by atoms with Crippen LogP contribution in [0.15, 0.2) is 48.5 Å². The lowest BCUT2D eigenvalue weighted by molar-refractivity contribution is -0.124. The predicted molar refractivity (Wildman–Crippen MR) is 112 cm³/mol. The number of ether oxygens (including phenoxy) is 1. The summed E-state index contributed by atoms with van der Waals surface area (Å²) in [6.07, 6.45) is 4.85. The number of hydrogen-bond donors (Lipinski definition) is 3. The molecule has 1 fully saturated rings. The Bertz CT molecular complexity index is 998. The van der Waals surface area contributed by atoms with Gasteiger partial charge in [0.1, 0.15) is 11.6 Å². The van der Waals surface area contributed by atoms with Gasteiger partial charge in [-0.15, -0.1) is 0 Å². The number of benzene rings is 2. The lowest BCUT2D eigenvalue weighted by Gasteiger charge is -2.44. The average molecular weight is 425 g/mol. The molecule has 2 aliphatic rings. The molecule has 7 nitrogen and oxygen atoms in total. The first kappa shape index (κ1) is 21.0. The Hall–Kier alpha value is -3.23. The van der Waals surface area contributed by atoms with Crippen LogP contribution in [0.5, 0.6) is 5.75 Å². The van der Waals surface area contributed by atoms with Crippen molar-refractivity contribution in [3.8, 4) is 5.75 Å². The summed E-state index contributed by atoms with van der Waals surface area (Å²) in [5.74, 6) is -0.563. The molecule has 8 heteroatoms. The fourth-order valence-corrected chi connectivity index (χ4v) is 3.94. The van der Waals surface area contributed by atoms with Crippen molar-refractivity contribution in [1.29, 1.82) is 0 Å². The summed E-state index contributed by atoms with van der Waals surface area (Å²) in [7, 11) is 0. The molecule has 2 aromatic carbocycles. The van der Waals surface area contributed by atoms with Gasteiger partial charge in [-0.05, 0) is 47.9 Å². The van der Waals surface area contributed by atoms with Crippen LogP contribution in [0.25, 0.3) is 6.08 Å². The van der Waals surface area contributed by atoms with Crippen LogP contribution in [0.3, 0.4) is 0 Å². The second-order valence-electron chi connectivity index (χ2n) is 7.83. The minimum absolute atomic E-state index is 0.206. The summed E-state index contributed by atoms with van der Waals surface area (Å²) in [4.78, 5) is 26.2. The predicted octanol–water partition coefficient (Wildman–Crippen LogP) is 2.50. The monoisotopic (exact) mass is 425 g/mol. The largest absolute Gasteiger partial charge is 0.467 e. The van der Waals surface area contributed by atoms with E-state index >= 15 is 0 Å². The van der Waals surface area contributed by atoms with E-state index in [9.17, 15) is 14.0 Å². The minimum atomic E-state index is -0.718. The second kappa shape index (κ2) is 8.87. The number of carbonyl (C=O) groups excluding carboxylic acids is 2. The zero-order valence-corrected chi connectivity index (χ0v) is 16.9. The van der Waals surface area contributed by atoms with Crippen molar-refractivity contribution >= 4 is 17.9 Å². The Morgan fingerprint density at radius 2 is 1.97 bits per heavy atom. The molecular weight excluding hydrogens is 401 g/mol. The number of carbonyl (C=O) groups is 2. The maximum atomic E-state index is 13.0. The van der Waals surface area contributed by atoms with Gasteiger partial charge in [0.25, 0.3) is 11.8 Å². The molecule has 31 heavy (non-hydrogen) atoms. The molecule has 3 N–H and O–H groups in total. The first-order chi connectivity index (χ1) is 15.0. The van der Waals surface area contributed by atoms with E-state index in [2.05, 4.69) is 10.2 Å². The lowest BCUT2D eigenvalue weighted by atomic mass is 9.96. The molecular formula is C23H24FN3O4. The van der Waals surface area contributed by atoms with Crippen LogP contribution in [0.1, 0.15) is 34.3 Å². The number of likely N-dealkylation sites (tertiary alicyclic amines) is 1. The van der Waals surface area contributed by atoms with Crippen LogP contribution >= 0.6 is 0 Å². The van der Waals surface area contributed by atoms with Gasteiger partial charge in [0.15, 0.2) is 5.72 Å². The molecule has 0 radical (unpaired) electrons. The number of piperidine rings is 1. The van der Waals surface area contributed by atoms with Gasteiger partial charge in [0.05, 0.1) is 5.56 Å². The van der Waals surface area contributed by atoms with Crippen LogP contribution in [-0.2, 0) is 11.2 Å². The molecule has 2 aliphatic heterocycles. The molecule has 0 aliphatic carbocycles. The summed E-state index contributed by atoms with van der Waals surface area (Å²) >= 11 is 0. The van der Waals surface area contributed by atoms with E-state index in [4.69, 9.17) is 9.94 Å². The Balaban J connectivity index is 1.36. The molecule has 0 atom stereocenters. The smallest absolute Gasteiger partial charge is 0.267 e. The van der Waals surface area contributed by atoms with Gasteiger partial charge in [-0.25, -0.2) is 9.87 Å². The van der Waals surface area contributed by atoms with E-state index in [1.165, 1.54) is 29.8 Å². The number of hydrogen-bond acceptors (Lipinski definition) is 5. The first-order valence-electron chi connectivity index (χ1n) is 10.2. The highest BCUT2D eigenvalue weighted by molar-refractivity contribution is 5.99. The Kier molecular flexibility index (Phi) is 6.01. The van der Waals surface area contributed by atoms with Gasteiger partial charge in [0, 0.05) is 38.6 Å². The van der Waals surface area contributed by atoms with E-state index in [1.807, 2.05) is 12.1 Å². The third kappa shape index (κ3) is 4.92. The van der Waals surface area contributed by atoms with Crippen molar-refractivity contribution in [2.45, 2.75) is 25.0 Å². The van der Waals surface area contributed by atoms with E-state index in [1.54, 1.807) is 18.2 Å². The van der Waals surface area contributed by atoms with Gasteiger partial charge in [0.2, 0.25) is 0 Å². The topological polar surface area (TPSA) is 90.9 Å². The molecule has 2 heterocycles. The van der Waals surface area contributed by atoms with Crippen molar-refractivity contribution in [3.63, 3.8) is 0 Å². The normalized spacial score (nSPS) is 17.8. The maximum absolute atomic E-state index is 13.0. The van der Waals surface area contributed by atoms with E-state index < -0.39 is 11.6 Å². The summed E-state index contributed by atoms with van der Waals surface area (Å²) in [5.41, 5.74) is 2.96. The zero-order valence-electron chi connectivity index (χ0n) is 16.9. The van der Waals surface area contributed by atoms with Crippen LogP contribution in [0, 0.1) is 5.82 Å². The van der Waals surface area contributed by atoms with Crippen LogP contribution in [0.2, 0.25) is 0 Å². The van der Waals surface area contributed by atoms with E-state index in [-0.39, 0.29) is 11.7 Å². The molecule has 162 valence electrons. The lowest BCUT2D eigenvalue weighted by Crippen LogP contribution is -2.61. The number of rotatable bonds is 5. The third-order valence-corrected chi connectivity index (χ3v) is 5.73. The standard InChI is InChI=1S/C23H24FN3O4/c24-18-5-1-16(2-6-18)9-12-27-13-10-23(11-14-27)25-22(29)19-15-17(3-7-20(19)31-23)4-8-21(28)26-30/h1-8,15,30H,9-14H2,(H,25,29)(H,26,28)/b8-4+. The number of fused-ring (bicyclic) bond motifs is 1. The van der Waals surface area contributed by atoms with Gasteiger partial charge in [-0.2, -0.15) is 0 Å². The Morgan fingerprint density at radius 3 is 2.68 bits per heavy atom. The van der Waals surface area contributed by atoms with Gasteiger partial charge in [-0.3, -0.25) is 14.8 Å². The summed E-state index contributed by atoms with van der Waals surface area (Å²) in [5, 5.41) is 11.6. The van der Waals surface area contributed by atoms with Crippen molar-refractivity contribution in [2.24, 2.45) is 0 Å². The highest BCUT2D eigenvalue weighted by Crippen LogP contribution is 2.34. The van der Waals surface area contributed by atoms with Crippen LogP contribution < -0.4 is 15.5 Å². The summed E-state index contributed by atoms with van der Waals surface area (Å²) < 4.78 is 19.3. The Labute approximate surface area is 179 Å². The van der Waals surface area contributed by atoms with Gasteiger partial charge < -0.3 is 15.0 Å². The maximum Gasteiger partial charge on any atom is 0.267 e. The molecule has 0 unspecified atom stereocenters. The molecule has 1 saturated heterocycles. The van der Waals surface area contributed by atoms with Crippen molar-refractivity contribution in [1.82, 2.24) is 15.7 Å². The fraction of sp³-hybridized carbons (Fsp3) is 0.304. The minimum Gasteiger partial charge on any atom is -0.467 e. The first-order valence-corrected chi connectivity index (χ1v) is 10.2. The number of amides is 2. The van der Waals surface area contributed by atoms with Crippen molar-refractivity contribution in [3.05, 3.63) is 71.0 Å². The van der Waals surface area contributed by atoms with Crippen molar-refractivity contribution < 1.29 is 23.9 Å². The van der Waals surface area contributed by atoms with Gasteiger partial charge in [-0.1, -0.05) is 18.2 Å². The molecule has 2 amide bonds. The molecule has 1 spiro atoms. The zero-order chi connectivity index (χ0) is 21.8. The molecule has 0 aromatic heterocycles. The van der Waals surface area contributed by atoms with E-state index in [0.29, 0.717) is 29.7 Å². The highest BCUT2D eigenvalue weighted by Gasteiger charge is 2.42. The second-order valence-corrected chi connectivity index (χ2v) is 7.83. The molecule has 2 aromatic rings. The highest BCUT2D eigenvalue weighted by atomic mass is 19.1. The van der Waals surface area contributed by atoms with E-state index in [0.717, 1.165) is 31.6 Å². The number of nitrogens with zero attached hydrogens (tertiary/aromatic N) is 1.